The van der Waals surface area contributed by atoms with Crippen molar-refractivity contribution < 1.29 is 8.42 Å². The molecule has 1 aliphatic carbocycles. The van der Waals surface area contributed by atoms with Crippen molar-refractivity contribution in [3.63, 3.8) is 0 Å². The van der Waals surface area contributed by atoms with Crippen molar-refractivity contribution in [1.29, 1.82) is 0 Å². The maximum atomic E-state index is 12.4. The number of rotatable bonds is 7. The zero-order valence-corrected chi connectivity index (χ0v) is 23.1. The molecule has 0 atom stereocenters. The van der Waals surface area contributed by atoms with Gasteiger partial charge in [-0.05, 0) is 73.4 Å². The first kappa shape index (κ1) is 25.9. The van der Waals surface area contributed by atoms with Gasteiger partial charge in [0.2, 0.25) is 0 Å². The van der Waals surface area contributed by atoms with Gasteiger partial charge in [0.1, 0.15) is 11.3 Å². The highest BCUT2D eigenvalue weighted by Crippen LogP contribution is 2.39. The van der Waals surface area contributed by atoms with Gasteiger partial charge in [-0.15, -0.1) is 0 Å². The molecular weight excluding hydrogens is 524 g/mol. The Morgan fingerprint density at radius 1 is 0.975 bits per heavy atom. The van der Waals surface area contributed by atoms with E-state index < -0.39 is 10.2 Å². The number of fused-ring (bicyclic) bond motifs is 1. The monoisotopic (exact) mass is 554 g/mol. The zero-order chi connectivity index (χ0) is 28.1. The SMILES string of the molecule is CN(C)S(=O)(=O)Nc1cccc(-c2ccc3nc(-c4cccnc4N)n(-c4ccc(C5(N)CCC5)cc4)c3n2)c1. The Bertz CT molecular complexity index is 1830. The van der Waals surface area contributed by atoms with Gasteiger partial charge in [-0.3, -0.25) is 9.29 Å². The second-order valence-corrected chi connectivity index (χ2v) is 12.2. The number of anilines is 2. The predicted octanol–water partition coefficient (Wildman–Crippen LogP) is 4.29. The second kappa shape index (κ2) is 9.70. The maximum absolute atomic E-state index is 12.4. The fourth-order valence-corrected chi connectivity index (χ4v) is 5.53. The maximum Gasteiger partial charge on any atom is 0.301 e. The summed E-state index contributed by atoms with van der Waals surface area (Å²) in [7, 11) is -0.701. The standard InChI is InChI=1S/C29H30N8O2S/c1-36(2)40(38,39)35-21-7-3-6-19(18-21)24-13-14-25-28(33-24)37(27(34-25)23-8-4-17-32-26(23)30)22-11-9-20(10-12-22)29(31)15-5-16-29/h3-4,6-14,17-18,35H,5,15-16,31H2,1-2H3,(H2,30,32). The highest BCUT2D eigenvalue weighted by atomic mass is 32.2. The van der Waals surface area contributed by atoms with E-state index in [1.54, 1.807) is 24.4 Å². The molecule has 10 nitrogen and oxygen atoms in total. The second-order valence-electron chi connectivity index (χ2n) is 10.3. The molecule has 0 saturated heterocycles. The lowest BCUT2D eigenvalue weighted by Crippen LogP contribution is -2.43. The fraction of sp³-hybridized carbons (Fsp3) is 0.207. The Morgan fingerprint density at radius 3 is 2.42 bits per heavy atom. The van der Waals surface area contributed by atoms with Crippen LogP contribution >= 0.6 is 0 Å². The third-order valence-corrected chi connectivity index (χ3v) is 8.87. The van der Waals surface area contributed by atoms with Crippen LogP contribution in [-0.2, 0) is 15.7 Å². The number of hydrogen-bond acceptors (Lipinski definition) is 7. The molecule has 1 fully saturated rings. The van der Waals surface area contributed by atoms with E-state index in [0.29, 0.717) is 39.8 Å². The lowest BCUT2D eigenvalue weighted by molar-refractivity contribution is 0.253. The molecule has 0 unspecified atom stereocenters. The molecule has 3 heterocycles. The van der Waals surface area contributed by atoms with Gasteiger partial charge in [0.15, 0.2) is 11.5 Å². The molecule has 1 aliphatic rings. The number of nitrogens with two attached hydrogens (primary N) is 2. The van der Waals surface area contributed by atoms with Crippen LogP contribution in [0, 0.1) is 0 Å². The quantitative estimate of drug-likeness (QED) is 0.272. The molecule has 0 amide bonds. The molecule has 204 valence electrons. The van der Waals surface area contributed by atoms with Crippen molar-refractivity contribution in [2.24, 2.45) is 5.73 Å². The van der Waals surface area contributed by atoms with Crippen molar-refractivity contribution in [3.8, 4) is 28.3 Å². The van der Waals surface area contributed by atoms with Crippen LogP contribution in [0.1, 0.15) is 24.8 Å². The molecule has 40 heavy (non-hydrogen) atoms. The molecule has 5 aromatic rings. The lowest BCUT2D eigenvalue weighted by atomic mass is 9.73. The third kappa shape index (κ3) is 4.57. The van der Waals surface area contributed by atoms with E-state index in [4.69, 9.17) is 21.4 Å². The van der Waals surface area contributed by atoms with E-state index in [1.165, 1.54) is 14.1 Å². The number of nitrogens with one attached hydrogen (secondary N) is 1. The predicted molar refractivity (Wildman–Crippen MR) is 158 cm³/mol. The number of aromatic nitrogens is 4. The van der Waals surface area contributed by atoms with E-state index in [1.807, 2.05) is 47.0 Å². The summed E-state index contributed by atoms with van der Waals surface area (Å²) in [5, 5.41) is 0. The molecule has 0 spiro atoms. The summed E-state index contributed by atoms with van der Waals surface area (Å²) < 4.78 is 30.4. The first-order valence-corrected chi connectivity index (χ1v) is 14.4. The van der Waals surface area contributed by atoms with E-state index in [-0.39, 0.29) is 5.54 Å². The summed E-state index contributed by atoms with van der Waals surface area (Å²) in [5.41, 5.74) is 18.4. The molecule has 5 N–H and O–H groups in total. The highest BCUT2D eigenvalue weighted by molar-refractivity contribution is 7.90. The van der Waals surface area contributed by atoms with Gasteiger partial charge >= 0.3 is 10.2 Å². The molecule has 6 rings (SSSR count). The van der Waals surface area contributed by atoms with Crippen LogP contribution in [0.3, 0.4) is 0 Å². The minimum absolute atomic E-state index is 0.267. The van der Waals surface area contributed by atoms with Crippen molar-refractivity contribution in [2.75, 3.05) is 24.6 Å². The Morgan fingerprint density at radius 2 is 1.75 bits per heavy atom. The summed E-state index contributed by atoms with van der Waals surface area (Å²) in [4.78, 5) is 14.2. The summed E-state index contributed by atoms with van der Waals surface area (Å²) in [5.74, 6) is 0.990. The summed E-state index contributed by atoms with van der Waals surface area (Å²) in [6.07, 6.45) is 4.74. The van der Waals surface area contributed by atoms with Crippen molar-refractivity contribution >= 4 is 32.9 Å². The van der Waals surface area contributed by atoms with Gasteiger partial charge in [0.05, 0.1) is 16.9 Å². The minimum Gasteiger partial charge on any atom is -0.383 e. The number of imidazole rings is 1. The van der Waals surface area contributed by atoms with Crippen molar-refractivity contribution in [2.45, 2.75) is 24.8 Å². The van der Waals surface area contributed by atoms with E-state index in [9.17, 15) is 8.42 Å². The molecule has 11 heteroatoms. The molecule has 0 bridgehead atoms. The van der Waals surface area contributed by atoms with Gasteiger partial charge < -0.3 is 11.5 Å². The highest BCUT2D eigenvalue weighted by Gasteiger charge is 2.34. The van der Waals surface area contributed by atoms with Gasteiger partial charge in [0.25, 0.3) is 0 Å². The number of pyridine rings is 2. The zero-order valence-electron chi connectivity index (χ0n) is 22.2. The van der Waals surface area contributed by atoms with Crippen LogP contribution in [0.2, 0.25) is 0 Å². The van der Waals surface area contributed by atoms with Gasteiger partial charge in [-0.25, -0.2) is 15.0 Å². The van der Waals surface area contributed by atoms with Crippen LogP contribution in [0.15, 0.2) is 79.0 Å². The normalized spacial score (nSPS) is 14.8. The van der Waals surface area contributed by atoms with Gasteiger partial charge in [-0.2, -0.15) is 12.7 Å². The molecule has 3 aromatic heterocycles. The Balaban J connectivity index is 1.49. The van der Waals surface area contributed by atoms with Gasteiger partial charge in [0, 0.05) is 37.1 Å². The molecular formula is C29H30N8O2S. The van der Waals surface area contributed by atoms with E-state index in [2.05, 4.69) is 21.8 Å². The third-order valence-electron chi connectivity index (χ3n) is 7.42. The lowest BCUT2D eigenvalue weighted by Gasteiger charge is -2.38. The van der Waals surface area contributed by atoms with Crippen LogP contribution < -0.4 is 16.2 Å². The first-order valence-electron chi connectivity index (χ1n) is 13.0. The number of nitrogen functional groups attached to an aromatic ring is 1. The Labute approximate surface area is 232 Å². The molecule has 2 aromatic carbocycles. The van der Waals surface area contributed by atoms with Crippen molar-refractivity contribution in [3.05, 3.63) is 84.6 Å². The smallest absolute Gasteiger partial charge is 0.301 e. The molecule has 1 saturated carbocycles. The largest absolute Gasteiger partial charge is 0.383 e. The van der Waals surface area contributed by atoms with Crippen molar-refractivity contribution in [1.82, 2.24) is 23.8 Å². The van der Waals surface area contributed by atoms with Crippen LogP contribution in [0.5, 0.6) is 0 Å². The first-order chi connectivity index (χ1) is 19.1. The van der Waals surface area contributed by atoms with Crippen LogP contribution in [0.25, 0.3) is 39.5 Å². The Hall–Kier alpha value is -4.32. The topological polar surface area (TPSA) is 145 Å². The van der Waals surface area contributed by atoms with E-state index in [0.717, 1.165) is 40.4 Å². The molecule has 0 radical (unpaired) electrons. The summed E-state index contributed by atoms with van der Waals surface area (Å²) in [6.45, 7) is 0. The number of benzene rings is 2. The average Bonchev–Trinajstić information content (AvgIpc) is 3.30. The van der Waals surface area contributed by atoms with E-state index >= 15 is 0 Å². The number of nitrogens with zero attached hydrogens (tertiary/aromatic N) is 5. The minimum atomic E-state index is -3.65. The van der Waals surface area contributed by atoms with Crippen LogP contribution in [0.4, 0.5) is 11.5 Å². The fourth-order valence-electron chi connectivity index (χ4n) is 4.92. The average molecular weight is 555 g/mol. The van der Waals surface area contributed by atoms with Crippen LogP contribution in [-0.4, -0.2) is 46.3 Å². The Kier molecular flexibility index (Phi) is 6.29. The summed E-state index contributed by atoms with van der Waals surface area (Å²) in [6, 6.07) is 22.8. The summed E-state index contributed by atoms with van der Waals surface area (Å²) >= 11 is 0. The number of hydrogen-bond donors (Lipinski definition) is 3. The molecule has 0 aliphatic heterocycles. The van der Waals surface area contributed by atoms with Gasteiger partial charge in [-0.1, -0.05) is 24.3 Å².